The van der Waals surface area contributed by atoms with Gasteiger partial charge >= 0.3 is 0 Å². The molecule has 7 heteroatoms. The fraction of sp³-hybridized carbons (Fsp3) is 0.231. The summed E-state index contributed by atoms with van der Waals surface area (Å²) >= 11 is 5.84. The third-order valence-electron chi connectivity index (χ3n) is 5.46. The van der Waals surface area contributed by atoms with Gasteiger partial charge < -0.3 is 14.4 Å². The molecule has 0 aliphatic carbocycles. The molecule has 1 N–H and O–H groups in total. The van der Waals surface area contributed by atoms with E-state index in [0.29, 0.717) is 10.8 Å². The van der Waals surface area contributed by atoms with Crippen LogP contribution in [0.25, 0.3) is 0 Å². The zero-order valence-corrected chi connectivity index (χ0v) is 19.2. The minimum atomic E-state index is -0.347. The molecule has 6 nitrogen and oxygen atoms in total. The van der Waals surface area contributed by atoms with Crippen LogP contribution in [0.4, 0.5) is 5.69 Å². The molecule has 1 heterocycles. The second kappa shape index (κ2) is 10.9. The molecule has 0 saturated carbocycles. The first-order chi connectivity index (χ1) is 16.1. The molecule has 1 aliphatic rings. The van der Waals surface area contributed by atoms with E-state index in [4.69, 9.17) is 21.1 Å². The number of nitrogens with one attached hydrogen (secondary N) is 1. The molecule has 0 spiro atoms. The molecule has 0 radical (unpaired) electrons. The van der Waals surface area contributed by atoms with Crippen LogP contribution in [0.2, 0.25) is 5.02 Å². The van der Waals surface area contributed by atoms with Crippen LogP contribution in [-0.4, -0.2) is 32.4 Å². The number of amides is 1. The van der Waals surface area contributed by atoms with E-state index in [0.717, 1.165) is 42.8 Å². The zero-order valence-electron chi connectivity index (χ0n) is 18.5. The third kappa shape index (κ3) is 6.05. The Kier molecular flexibility index (Phi) is 7.47. The van der Waals surface area contributed by atoms with Crippen molar-refractivity contribution in [3.05, 3.63) is 88.4 Å². The van der Waals surface area contributed by atoms with Crippen molar-refractivity contribution in [2.75, 3.05) is 25.2 Å². The fourth-order valence-electron chi connectivity index (χ4n) is 3.87. The number of halogens is 1. The van der Waals surface area contributed by atoms with Gasteiger partial charge in [-0.15, -0.1) is 0 Å². The molecule has 1 amide bonds. The molecule has 170 valence electrons. The van der Waals surface area contributed by atoms with E-state index >= 15 is 0 Å². The van der Waals surface area contributed by atoms with Gasteiger partial charge in [0.2, 0.25) is 0 Å². The summed E-state index contributed by atoms with van der Waals surface area (Å²) in [6.45, 7) is 1.60. The Morgan fingerprint density at radius 3 is 2.79 bits per heavy atom. The average molecular weight is 464 g/mol. The second-order valence-corrected chi connectivity index (χ2v) is 8.20. The predicted molar refractivity (Wildman–Crippen MR) is 131 cm³/mol. The Hall–Kier alpha value is -3.51. The molecular formula is C26H26ClN3O3. The van der Waals surface area contributed by atoms with Gasteiger partial charge in [-0.05, 0) is 72.5 Å². The van der Waals surface area contributed by atoms with Crippen LogP contribution < -0.4 is 19.8 Å². The van der Waals surface area contributed by atoms with Crippen molar-refractivity contribution in [2.24, 2.45) is 5.10 Å². The van der Waals surface area contributed by atoms with Crippen LogP contribution in [0, 0.1) is 0 Å². The van der Waals surface area contributed by atoms with E-state index in [1.807, 2.05) is 18.2 Å². The summed E-state index contributed by atoms with van der Waals surface area (Å²) in [7, 11) is 1.68. The smallest absolute Gasteiger partial charge is 0.277 e. The molecule has 1 aliphatic heterocycles. The predicted octanol–water partition coefficient (Wildman–Crippen LogP) is 4.83. The van der Waals surface area contributed by atoms with Crippen LogP contribution in [0.15, 0.2) is 71.8 Å². The Bertz CT molecular complexity index is 1130. The van der Waals surface area contributed by atoms with E-state index in [9.17, 15) is 4.79 Å². The number of hydrogen-bond donors (Lipinski definition) is 1. The highest BCUT2D eigenvalue weighted by Crippen LogP contribution is 2.30. The number of methoxy groups -OCH3 is 1. The van der Waals surface area contributed by atoms with Crippen LogP contribution in [0.1, 0.15) is 23.1 Å². The number of para-hydroxylation sites is 1. The fourth-order valence-corrected chi connectivity index (χ4v) is 4.00. The number of ether oxygens (including phenoxy) is 2. The molecule has 4 rings (SSSR count). The van der Waals surface area contributed by atoms with Crippen molar-refractivity contribution >= 4 is 29.4 Å². The van der Waals surface area contributed by atoms with Crippen molar-refractivity contribution in [1.29, 1.82) is 0 Å². The van der Waals surface area contributed by atoms with Gasteiger partial charge in [0.15, 0.2) is 6.61 Å². The largest absolute Gasteiger partial charge is 0.496 e. The molecule has 0 fully saturated rings. The molecule has 3 aromatic rings. The number of hydrazone groups is 1. The van der Waals surface area contributed by atoms with Gasteiger partial charge in [0, 0.05) is 29.4 Å². The molecule has 0 saturated heterocycles. The van der Waals surface area contributed by atoms with Crippen molar-refractivity contribution in [3.8, 4) is 11.5 Å². The first-order valence-corrected chi connectivity index (χ1v) is 11.2. The van der Waals surface area contributed by atoms with Gasteiger partial charge in [0.05, 0.1) is 13.3 Å². The first-order valence-electron chi connectivity index (χ1n) is 10.8. The quantitative estimate of drug-likeness (QED) is 0.384. The Morgan fingerprint density at radius 2 is 1.97 bits per heavy atom. The topological polar surface area (TPSA) is 63.2 Å². The van der Waals surface area contributed by atoms with Crippen LogP contribution >= 0.6 is 11.6 Å². The lowest BCUT2D eigenvalue weighted by atomic mass is 10.0. The van der Waals surface area contributed by atoms with Gasteiger partial charge in [-0.1, -0.05) is 29.8 Å². The normalized spacial score (nSPS) is 13.0. The van der Waals surface area contributed by atoms with E-state index in [-0.39, 0.29) is 12.5 Å². The number of nitrogens with zero attached hydrogens (tertiary/aromatic N) is 2. The summed E-state index contributed by atoms with van der Waals surface area (Å²) in [5.41, 5.74) is 7.08. The van der Waals surface area contributed by atoms with Gasteiger partial charge in [-0.3, -0.25) is 4.79 Å². The standard InChI is InChI=1S/C26H26ClN3O3/c1-32-25-13-8-19(16-28-29-26(31)18-33-23-11-9-22(27)10-12-23)15-21(25)17-30-14-4-6-20-5-2-3-7-24(20)30/h2-3,5,7-13,15-16H,4,6,14,17-18H2,1H3,(H,29,31)/b28-16-. The maximum Gasteiger partial charge on any atom is 0.277 e. The molecule has 0 aromatic heterocycles. The summed E-state index contributed by atoms with van der Waals surface area (Å²) in [6.07, 6.45) is 3.86. The highest BCUT2D eigenvalue weighted by Gasteiger charge is 2.18. The molecule has 33 heavy (non-hydrogen) atoms. The SMILES string of the molecule is COc1ccc(/C=N\NC(=O)COc2ccc(Cl)cc2)cc1CN1CCCc2ccccc21. The van der Waals surface area contributed by atoms with Gasteiger partial charge in [0.25, 0.3) is 5.91 Å². The number of carbonyl (C=O) groups is 1. The maximum absolute atomic E-state index is 12.0. The van der Waals surface area contributed by atoms with Gasteiger partial charge in [0.1, 0.15) is 11.5 Å². The summed E-state index contributed by atoms with van der Waals surface area (Å²) in [4.78, 5) is 14.4. The van der Waals surface area contributed by atoms with Crippen LogP contribution in [0.3, 0.4) is 0 Å². The molecule has 0 bridgehead atoms. The second-order valence-electron chi connectivity index (χ2n) is 7.76. The van der Waals surface area contributed by atoms with Crippen molar-refractivity contribution in [2.45, 2.75) is 19.4 Å². The number of aryl methyl sites for hydroxylation is 1. The highest BCUT2D eigenvalue weighted by molar-refractivity contribution is 6.30. The Morgan fingerprint density at radius 1 is 1.15 bits per heavy atom. The third-order valence-corrected chi connectivity index (χ3v) is 5.71. The van der Waals surface area contributed by atoms with Crippen molar-refractivity contribution in [1.82, 2.24) is 5.43 Å². The lowest BCUT2D eigenvalue weighted by molar-refractivity contribution is -0.123. The molecular weight excluding hydrogens is 438 g/mol. The van der Waals surface area contributed by atoms with Crippen molar-refractivity contribution < 1.29 is 14.3 Å². The molecule has 0 atom stereocenters. The van der Waals surface area contributed by atoms with E-state index in [1.54, 1.807) is 37.6 Å². The van der Waals surface area contributed by atoms with Gasteiger partial charge in [-0.2, -0.15) is 5.10 Å². The first kappa shape index (κ1) is 22.7. The highest BCUT2D eigenvalue weighted by atomic mass is 35.5. The number of anilines is 1. The summed E-state index contributed by atoms with van der Waals surface area (Å²) in [5, 5.41) is 4.68. The number of fused-ring (bicyclic) bond motifs is 1. The minimum absolute atomic E-state index is 0.138. The van der Waals surface area contributed by atoms with E-state index < -0.39 is 0 Å². The zero-order chi connectivity index (χ0) is 23.0. The average Bonchev–Trinajstić information content (AvgIpc) is 2.84. The lowest BCUT2D eigenvalue weighted by Gasteiger charge is -2.31. The monoisotopic (exact) mass is 463 g/mol. The van der Waals surface area contributed by atoms with Crippen molar-refractivity contribution in [3.63, 3.8) is 0 Å². The Labute approximate surface area is 198 Å². The van der Waals surface area contributed by atoms with Crippen LogP contribution in [-0.2, 0) is 17.8 Å². The van der Waals surface area contributed by atoms with Gasteiger partial charge in [-0.25, -0.2) is 5.43 Å². The summed E-state index contributed by atoms with van der Waals surface area (Å²) in [6, 6.07) is 21.2. The minimum Gasteiger partial charge on any atom is -0.496 e. The summed E-state index contributed by atoms with van der Waals surface area (Å²) in [5.74, 6) is 1.05. The summed E-state index contributed by atoms with van der Waals surface area (Å²) < 4.78 is 11.0. The number of hydrogen-bond acceptors (Lipinski definition) is 5. The number of carbonyl (C=O) groups excluding carboxylic acids is 1. The number of rotatable bonds is 8. The number of benzene rings is 3. The Balaban J connectivity index is 1.38. The van der Waals surface area contributed by atoms with E-state index in [1.165, 1.54) is 11.3 Å². The molecule has 3 aromatic carbocycles. The molecule has 0 unspecified atom stereocenters. The van der Waals surface area contributed by atoms with Crippen LogP contribution in [0.5, 0.6) is 11.5 Å². The van der Waals surface area contributed by atoms with E-state index in [2.05, 4.69) is 39.7 Å². The lowest BCUT2D eigenvalue weighted by Crippen LogP contribution is -2.29. The maximum atomic E-state index is 12.0.